The molecule has 0 aliphatic carbocycles. The third-order valence-electron chi connectivity index (χ3n) is 2.90. The fraction of sp³-hybridized carbons (Fsp3) is 0.583. The molecular weight excluding hydrogens is 232 g/mol. The van der Waals surface area contributed by atoms with Gasteiger partial charge in [-0.05, 0) is 25.8 Å². The van der Waals surface area contributed by atoms with E-state index in [0.717, 1.165) is 30.1 Å². The first-order valence-corrected chi connectivity index (χ1v) is 7.22. The summed E-state index contributed by atoms with van der Waals surface area (Å²) in [6, 6.07) is 4.60. The van der Waals surface area contributed by atoms with Crippen LogP contribution in [0.1, 0.15) is 18.9 Å². The molecule has 3 N–H and O–H groups in total. The van der Waals surface area contributed by atoms with Gasteiger partial charge in [-0.3, -0.25) is 4.90 Å². The van der Waals surface area contributed by atoms with Crippen molar-refractivity contribution in [3.05, 3.63) is 23.9 Å². The molecule has 0 spiro atoms. The van der Waals surface area contributed by atoms with Crippen LogP contribution in [0.5, 0.6) is 0 Å². The Labute approximate surface area is 108 Å². The van der Waals surface area contributed by atoms with Crippen molar-refractivity contribution < 1.29 is 0 Å². The molecule has 1 rings (SSSR count). The molecule has 0 saturated heterocycles. The second-order valence-corrected chi connectivity index (χ2v) is 5.00. The molecule has 0 aliphatic rings. The van der Waals surface area contributed by atoms with Gasteiger partial charge in [0.15, 0.2) is 0 Å². The molecule has 4 nitrogen and oxygen atoms in total. The van der Waals surface area contributed by atoms with Crippen molar-refractivity contribution in [1.29, 1.82) is 0 Å². The molecule has 1 aromatic heterocycles. The Bertz CT molecular complexity index is 332. The first kappa shape index (κ1) is 14.3. The normalized spacial score (nSPS) is 12.8. The minimum atomic E-state index is 0.593. The van der Waals surface area contributed by atoms with E-state index in [0.29, 0.717) is 6.04 Å². The molecule has 1 unspecified atom stereocenters. The summed E-state index contributed by atoms with van der Waals surface area (Å²) in [5.41, 5.74) is 3.78. The number of thioether (sulfide) groups is 1. The van der Waals surface area contributed by atoms with Gasteiger partial charge in [-0.1, -0.05) is 13.0 Å². The van der Waals surface area contributed by atoms with Gasteiger partial charge in [-0.25, -0.2) is 10.8 Å². The van der Waals surface area contributed by atoms with E-state index >= 15 is 0 Å². The quantitative estimate of drug-likeness (QED) is 0.575. The lowest BCUT2D eigenvalue weighted by Crippen LogP contribution is -2.33. The van der Waals surface area contributed by atoms with Crippen LogP contribution in [0.3, 0.4) is 0 Å². The summed E-state index contributed by atoms with van der Waals surface area (Å²) in [6.07, 6.45) is 5.05. The second kappa shape index (κ2) is 7.53. The van der Waals surface area contributed by atoms with Crippen molar-refractivity contribution >= 4 is 17.6 Å². The van der Waals surface area contributed by atoms with Crippen LogP contribution in [-0.2, 0) is 6.54 Å². The van der Waals surface area contributed by atoms with E-state index in [-0.39, 0.29) is 0 Å². The number of rotatable bonds is 7. The molecule has 5 heteroatoms. The number of aromatic nitrogens is 1. The molecule has 96 valence electrons. The number of anilines is 1. The van der Waals surface area contributed by atoms with E-state index < -0.39 is 0 Å². The van der Waals surface area contributed by atoms with Crippen LogP contribution in [0.15, 0.2) is 18.3 Å². The molecule has 17 heavy (non-hydrogen) atoms. The minimum Gasteiger partial charge on any atom is -0.308 e. The van der Waals surface area contributed by atoms with E-state index in [1.54, 1.807) is 6.20 Å². The van der Waals surface area contributed by atoms with Crippen molar-refractivity contribution in [3.63, 3.8) is 0 Å². The van der Waals surface area contributed by atoms with E-state index in [9.17, 15) is 0 Å². The first-order valence-electron chi connectivity index (χ1n) is 5.82. The molecule has 1 atom stereocenters. The molecule has 0 amide bonds. The number of hydrogen-bond acceptors (Lipinski definition) is 5. The molecule has 0 aliphatic heterocycles. The van der Waals surface area contributed by atoms with Gasteiger partial charge in [0, 0.05) is 30.1 Å². The van der Waals surface area contributed by atoms with Gasteiger partial charge in [0.05, 0.1) is 0 Å². The van der Waals surface area contributed by atoms with Gasteiger partial charge in [0.1, 0.15) is 5.82 Å². The Morgan fingerprint density at radius 3 is 2.94 bits per heavy atom. The summed E-state index contributed by atoms with van der Waals surface area (Å²) >= 11 is 1.89. The summed E-state index contributed by atoms with van der Waals surface area (Å²) in [4.78, 5) is 6.57. The highest BCUT2D eigenvalue weighted by Gasteiger charge is 2.13. The molecule has 0 bridgehead atoms. The fourth-order valence-electron chi connectivity index (χ4n) is 1.84. The van der Waals surface area contributed by atoms with E-state index in [1.807, 2.05) is 17.8 Å². The molecule has 1 aromatic rings. The predicted molar refractivity (Wildman–Crippen MR) is 76.0 cm³/mol. The highest BCUT2D eigenvalue weighted by Crippen LogP contribution is 2.16. The highest BCUT2D eigenvalue weighted by molar-refractivity contribution is 7.98. The van der Waals surface area contributed by atoms with E-state index in [4.69, 9.17) is 5.84 Å². The number of nitrogens with zero attached hydrogens (tertiary/aromatic N) is 2. The van der Waals surface area contributed by atoms with Crippen molar-refractivity contribution in [2.45, 2.75) is 25.9 Å². The maximum absolute atomic E-state index is 5.46. The first-order chi connectivity index (χ1) is 8.22. The molecular formula is C12H22N4S. The standard InChI is InChI=1S/C12H22N4S/c1-4-11(9-17-3)16(2)8-10-6-5-7-14-12(10)15-13/h5-7,11H,4,8-9,13H2,1-3H3,(H,14,15). The second-order valence-electron chi connectivity index (χ2n) is 4.09. The van der Waals surface area contributed by atoms with Crippen LogP contribution in [0.25, 0.3) is 0 Å². The van der Waals surface area contributed by atoms with Crippen LogP contribution in [-0.4, -0.2) is 35.0 Å². The summed E-state index contributed by atoms with van der Waals surface area (Å²) in [5.74, 6) is 7.37. The lowest BCUT2D eigenvalue weighted by atomic mass is 10.2. The third kappa shape index (κ3) is 4.18. The van der Waals surface area contributed by atoms with Crippen LogP contribution >= 0.6 is 11.8 Å². The molecule has 0 saturated carbocycles. The minimum absolute atomic E-state index is 0.593. The van der Waals surface area contributed by atoms with Gasteiger partial charge in [-0.15, -0.1) is 0 Å². The number of nitrogens with two attached hydrogens (primary N) is 1. The Kier molecular flexibility index (Phi) is 6.32. The van der Waals surface area contributed by atoms with Gasteiger partial charge in [-0.2, -0.15) is 11.8 Å². The Balaban J connectivity index is 2.68. The SMILES string of the molecule is CCC(CSC)N(C)Cc1cccnc1NN. The summed E-state index contributed by atoms with van der Waals surface area (Å²) in [6.45, 7) is 3.09. The van der Waals surface area contributed by atoms with Gasteiger partial charge >= 0.3 is 0 Å². The van der Waals surface area contributed by atoms with Crippen LogP contribution in [0, 0.1) is 0 Å². The van der Waals surface area contributed by atoms with Crippen molar-refractivity contribution in [1.82, 2.24) is 9.88 Å². The summed E-state index contributed by atoms with van der Waals surface area (Å²) in [7, 11) is 2.15. The predicted octanol–water partition coefficient (Wildman–Crippen LogP) is 1.94. The smallest absolute Gasteiger partial charge is 0.144 e. The van der Waals surface area contributed by atoms with Crippen LogP contribution in [0.4, 0.5) is 5.82 Å². The topological polar surface area (TPSA) is 54.2 Å². The highest BCUT2D eigenvalue weighted by atomic mass is 32.2. The number of pyridine rings is 1. The Morgan fingerprint density at radius 2 is 2.35 bits per heavy atom. The Morgan fingerprint density at radius 1 is 1.59 bits per heavy atom. The summed E-state index contributed by atoms with van der Waals surface area (Å²) in [5, 5.41) is 0. The van der Waals surface area contributed by atoms with Gasteiger partial charge < -0.3 is 5.43 Å². The maximum atomic E-state index is 5.46. The zero-order valence-electron chi connectivity index (χ0n) is 10.8. The summed E-state index contributed by atoms with van der Waals surface area (Å²) < 4.78 is 0. The number of nitrogens with one attached hydrogen (secondary N) is 1. The van der Waals surface area contributed by atoms with Gasteiger partial charge in [0.25, 0.3) is 0 Å². The third-order valence-corrected chi connectivity index (χ3v) is 3.62. The van der Waals surface area contributed by atoms with Crippen molar-refractivity contribution in [2.75, 3.05) is 24.5 Å². The van der Waals surface area contributed by atoms with Crippen molar-refractivity contribution in [2.24, 2.45) is 5.84 Å². The van der Waals surface area contributed by atoms with Crippen LogP contribution < -0.4 is 11.3 Å². The van der Waals surface area contributed by atoms with Crippen LogP contribution in [0.2, 0.25) is 0 Å². The number of hydrogen-bond donors (Lipinski definition) is 2. The molecule has 0 radical (unpaired) electrons. The average Bonchev–Trinajstić information content (AvgIpc) is 2.36. The van der Waals surface area contributed by atoms with Crippen molar-refractivity contribution in [3.8, 4) is 0 Å². The molecule has 0 aromatic carbocycles. The largest absolute Gasteiger partial charge is 0.308 e. The van der Waals surface area contributed by atoms with E-state index in [2.05, 4.69) is 41.6 Å². The maximum Gasteiger partial charge on any atom is 0.144 e. The average molecular weight is 254 g/mol. The fourth-order valence-corrected chi connectivity index (χ4v) is 2.72. The molecule has 1 heterocycles. The van der Waals surface area contributed by atoms with E-state index in [1.165, 1.54) is 0 Å². The number of hydrazine groups is 1. The monoisotopic (exact) mass is 254 g/mol. The zero-order chi connectivity index (χ0) is 12.7. The molecule has 0 fully saturated rings. The Hall–Kier alpha value is -0.780. The lowest BCUT2D eigenvalue weighted by molar-refractivity contribution is 0.248. The lowest BCUT2D eigenvalue weighted by Gasteiger charge is -2.27. The van der Waals surface area contributed by atoms with Gasteiger partial charge in [0.2, 0.25) is 0 Å². The number of nitrogen functional groups attached to an aromatic ring is 1. The zero-order valence-corrected chi connectivity index (χ0v) is 11.6.